The highest BCUT2D eigenvalue weighted by atomic mass is 127. The molecule has 2 rings (SSSR count). The first-order valence-corrected chi connectivity index (χ1v) is 10.1. The predicted molar refractivity (Wildman–Crippen MR) is 131 cm³/mol. The Morgan fingerprint density at radius 1 is 1.00 bits per heavy atom. The van der Waals surface area contributed by atoms with Crippen LogP contribution in [0.3, 0.4) is 0 Å². The largest absolute Gasteiger partial charge is 0.388 e. The SMILES string of the molecule is CCCOCc1ccccc1CN=C(NCC)NCCC(O)c1ccccc1.I. The third-order valence-corrected chi connectivity index (χ3v) is 4.37. The molecule has 0 fully saturated rings. The van der Waals surface area contributed by atoms with E-state index in [0.29, 0.717) is 26.1 Å². The summed E-state index contributed by atoms with van der Waals surface area (Å²) in [5, 5.41) is 16.9. The molecular weight excluding hydrogens is 477 g/mol. The zero-order valence-electron chi connectivity index (χ0n) is 17.4. The van der Waals surface area contributed by atoms with Crippen LogP contribution in [0.2, 0.25) is 0 Å². The third kappa shape index (κ3) is 9.60. The molecule has 0 saturated heterocycles. The van der Waals surface area contributed by atoms with Gasteiger partial charge in [-0.1, -0.05) is 61.5 Å². The number of halogens is 1. The van der Waals surface area contributed by atoms with E-state index in [-0.39, 0.29) is 24.0 Å². The van der Waals surface area contributed by atoms with E-state index in [2.05, 4.69) is 29.7 Å². The molecule has 0 aromatic heterocycles. The van der Waals surface area contributed by atoms with E-state index in [0.717, 1.165) is 31.1 Å². The van der Waals surface area contributed by atoms with Gasteiger partial charge in [-0.25, -0.2) is 4.99 Å². The number of nitrogens with zero attached hydrogens (tertiary/aromatic N) is 1. The van der Waals surface area contributed by atoms with Gasteiger partial charge in [-0.3, -0.25) is 0 Å². The van der Waals surface area contributed by atoms with Crippen molar-refractivity contribution in [3.8, 4) is 0 Å². The van der Waals surface area contributed by atoms with Gasteiger partial charge in [0.15, 0.2) is 5.96 Å². The van der Waals surface area contributed by atoms with Crippen molar-refractivity contribution in [2.75, 3.05) is 19.7 Å². The summed E-state index contributed by atoms with van der Waals surface area (Å²) >= 11 is 0. The third-order valence-electron chi connectivity index (χ3n) is 4.37. The predicted octanol–water partition coefficient (Wildman–Crippen LogP) is 4.41. The maximum absolute atomic E-state index is 10.3. The first kappa shape index (κ1) is 25.4. The molecule has 160 valence electrons. The average molecular weight is 511 g/mol. The Bertz CT molecular complexity index is 710. The maximum Gasteiger partial charge on any atom is 0.191 e. The van der Waals surface area contributed by atoms with Crippen LogP contribution in [0.25, 0.3) is 0 Å². The lowest BCUT2D eigenvalue weighted by Crippen LogP contribution is -2.38. The molecule has 1 unspecified atom stereocenters. The van der Waals surface area contributed by atoms with Crippen LogP contribution in [0, 0.1) is 0 Å². The molecule has 0 bridgehead atoms. The second-order valence-corrected chi connectivity index (χ2v) is 6.66. The van der Waals surface area contributed by atoms with Gasteiger partial charge in [0.1, 0.15) is 0 Å². The Hall–Kier alpha value is -1.64. The van der Waals surface area contributed by atoms with Gasteiger partial charge in [0, 0.05) is 19.7 Å². The van der Waals surface area contributed by atoms with Crippen LogP contribution in [-0.2, 0) is 17.9 Å². The normalized spacial score (nSPS) is 12.2. The molecule has 0 aliphatic rings. The number of rotatable bonds is 11. The first-order chi connectivity index (χ1) is 13.7. The second kappa shape index (κ2) is 15.2. The van der Waals surface area contributed by atoms with E-state index < -0.39 is 6.10 Å². The maximum atomic E-state index is 10.3. The number of benzene rings is 2. The van der Waals surface area contributed by atoms with Crippen molar-refractivity contribution in [2.45, 2.75) is 45.9 Å². The van der Waals surface area contributed by atoms with Gasteiger partial charge in [-0.15, -0.1) is 24.0 Å². The highest BCUT2D eigenvalue weighted by Gasteiger charge is 2.07. The number of aliphatic hydroxyl groups is 1. The molecule has 29 heavy (non-hydrogen) atoms. The fourth-order valence-corrected chi connectivity index (χ4v) is 2.85. The van der Waals surface area contributed by atoms with Gasteiger partial charge >= 0.3 is 0 Å². The number of aliphatic hydroxyl groups excluding tert-OH is 1. The summed E-state index contributed by atoms with van der Waals surface area (Å²) in [6.07, 6.45) is 1.16. The number of nitrogens with one attached hydrogen (secondary N) is 2. The molecule has 2 aromatic rings. The summed E-state index contributed by atoms with van der Waals surface area (Å²) in [7, 11) is 0. The Labute approximate surface area is 192 Å². The molecule has 6 heteroatoms. The van der Waals surface area contributed by atoms with Gasteiger partial charge in [0.2, 0.25) is 0 Å². The monoisotopic (exact) mass is 511 g/mol. The molecule has 5 nitrogen and oxygen atoms in total. The van der Waals surface area contributed by atoms with Crippen LogP contribution in [0.4, 0.5) is 0 Å². The van der Waals surface area contributed by atoms with Gasteiger partial charge in [-0.2, -0.15) is 0 Å². The number of hydrogen-bond acceptors (Lipinski definition) is 3. The minimum absolute atomic E-state index is 0. The topological polar surface area (TPSA) is 65.9 Å². The minimum Gasteiger partial charge on any atom is -0.388 e. The van der Waals surface area contributed by atoms with Crippen LogP contribution < -0.4 is 10.6 Å². The summed E-state index contributed by atoms with van der Waals surface area (Å²) in [5.74, 6) is 0.757. The van der Waals surface area contributed by atoms with E-state index in [9.17, 15) is 5.11 Å². The highest BCUT2D eigenvalue weighted by molar-refractivity contribution is 14.0. The smallest absolute Gasteiger partial charge is 0.191 e. The van der Waals surface area contributed by atoms with Crippen molar-refractivity contribution < 1.29 is 9.84 Å². The average Bonchev–Trinajstić information content (AvgIpc) is 2.73. The molecule has 0 amide bonds. The van der Waals surface area contributed by atoms with Crippen molar-refractivity contribution in [1.29, 1.82) is 0 Å². The first-order valence-electron chi connectivity index (χ1n) is 10.1. The summed E-state index contributed by atoms with van der Waals surface area (Å²) in [4.78, 5) is 4.70. The molecule has 0 heterocycles. The Kier molecular flexibility index (Phi) is 13.3. The van der Waals surface area contributed by atoms with Gasteiger partial charge in [-0.05, 0) is 36.5 Å². The van der Waals surface area contributed by atoms with Crippen LogP contribution in [0.5, 0.6) is 0 Å². The number of hydrogen-bond donors (Lipinski definition) is 3. The lowest BCUT2D eigenvalue weighted by Gasteiger charge is -2.15. The van der Waals surface area contributed by atoms with E-state index in [1.807, 2.05) is 49.4 Å². The molecule has 1 atom stereocenters. The van der Waals surface area contributed by atoms with Crippen LogP contribution in [0.1, 0.15) is 49.5 Å². The minimum atomic E-state index is -0.479. The summed E-state index contributed by atoms with van der Waals surface area (Å²) < 4.78 is 5.69. The molecule has 0 spiro atoms. The van der Waals surface area contributed by atoms with Crippen LogP contribution in [0.15, 0.2) is 59.6 Å². The summed E-state index contributed by atoms with van der Waals surface area (Å²) in [6.45, 7) is 7.56. The van der Waals surface area contributed by atoms with Gasteiger partial charge < -0.3 is 20.5 Å². The molecule has 0 aliphatic carbocycles. The lowest BCUT2D eigenvalue weighted by atomic mass is 10.1. The van der Waals surface area contributed by atoms with E-state index in [1.54, 1.807) is 0 Å². The Balaban J connectivity index is 0.00000420. The van der Waals surface area contributed by atoms with Gasteiger partial charge in [0.05, 0.1) is 19.3 Å². The van der Waals surface area contributed by atoms with E-state index in [1.165, 1.54) is 11.1 Å². The highest BCUT2D eigenvalue weighted by Crippen LogP contribution is 2.15. The zero-order chi connectivity index (χ0) is 20.0. The summed E-state index contributed by atoms with van der Waals surface area (Å²) in [6, 6.07) is 18.0. The summed E-state index contributed by atoms with van der Waals surface area (Å²) in [5.41, 5.74) is 3.28. The molecular formula is C23H34IN3O2. The van der Waals surface area contributed by atoms with Crippen molar-refractivity contribution in [3.63, 3.8) is 0 Å². The van der Waals surface area contributed by atoms with E-state index >= 15 is 0 Å². The Morgan fingerprint density at radius 2 is 1.69 bits per heavy atom. The van der Waals surface area contributed by atoms with Crippen molar-refractivity contribution in [1.82, 2.24) is 10.6 Å². The number of ether oxygens (including phenoxy) is 1. The van der Waals surface area contributed by atoms with Crippen LogP contribution in [-0.4, -0.2) is 30.8 Å². The fourth-order valence-electron chi connectivity index (χ4n) is 2.85. The molecule has 0 aliphatic heterocycles. The van der Waals surface area contributed by atoms with Gasteiger partial charge in [0.25, 0.3) is 0 Å². The quantitative estimate of drug-likeness (QED) is 0.181. The molecule has 0 radical (unpaired) electrons. The van der Waals surface area contributed by atoms with Crippen molar-refractivity contribution >= 4 is 29.9 Å². The number of guanidine groups is 1. The van der Waals surface area contributed by atoms with Crippen molar-refractivity contribution in [2.24, 2.45) is 4.99 Å². The lowest BCUT2D eigenvalue weighted by molar-refractivity contribution is 0.121. The standard InChI is InChI=1S/C23H33N3O2.HI/c1-3-16-28-18-21-13-9-8-12-20(21)17-26-23(24-4-2)25-15-14-22(27)19-10-6-5-7-11-19;/h5-13,22,27H,3-4,14-18H2,1-2H3,(H2,24,25,26);1H. The second-order valence-electron chi connectivity index (χ2n) is 6.66. The van der Waals surface area contributed by atoms with Crippen molar-refractivity contribution in [3.05, 3.63) is 71.3 Å². The zero-order valence-corrected chi connectivity index (χ0v) is 19.8. The fraction of sp³-hybridized carbons (Fsp3) is 0.435. The Morgan fingerprint density at radius 3 is 2.38 bits per heavy atom. The van der Waals surface area contributed by atoms with Crippen LogP contribution >= 0.6 is 24.0 Å². The molecule has 2 aromatic carbocycles. The van der Waals surface area contributed by atoms with E-state index in [4.69, 9.17) is 9.73 Å². The number of aliphatic imine (C=N–C) groups is 1. The molecule has 0 saturated carbocycles. The molecule has 3 N–H and O–H groups in total.